The number of aromatic nitrogens is 3. The zero-order valence-electron chi connectivity index (χ0n) is 13.0. The number of hydrogen-bond acceptors (Lipinski definition) is 6. The van der Waals surface area contributed by atoms with Gasteiger partial charge in [-0.3, -0.25) is 9.78 Å². The molecule has 0 bridgehead atoms. The minimum Gasteiger partial charge on any atom is -0.459 e. The molecule has 0 aliphatic carbocycles. The van der Waals surface area contributed by atoms with Crippen LogP contribution in [-0.2, 0) is 0 Å². The van der Waals surface area contributed by atoms with E-state index in [9.17, 15) is 4.79 Å². The van der Waals surface area contributed by atoms with E-state index in [-0.39, 0.29) is 11.8 Å². The first-order chi connectivity index (χ1) is 11.8. The van der Waals surface area contributed by atoms with Crippen LogP contribution in [0.5, 0.6) is 0 Å². The number of likely N-dealkylation sites (tertiary alicyclic amines) is 1. The van der Waals surface area contributed by atoms with Gasteiger partial charge < -0.3 is 13.8 Å². The summed E-state index contributed by atoms with van der Waals surface area (Å²) in [6.07, 6.45) is 4.79. The standard InChI is InChI=1S/C17H16N4O3/c22-17(14-5-3-11-23-14)21-9-6-12(7-10-21)16-19-15(20-24-16)13-4-1-2-8-18-13/h1-5,8,11-12H,6-7,9-10H2. The van der Waals surface area contributed by atoms with Crippen molar-refractivity contribution in [1.82, 2.24) is 20.0 Å². The van der Waals surface area contributed by atoms with Gasteiger partial charge in [0.15, 0.2) is 5.76 Å². The van der Waals surface area contributed by atoms with Crippen molar-refractivity contribution in [3.63, 3.8) is 0 Å². The van der Waals surface area contributed by atoms with Gasteiger partial charge in [0.2, 0.25) is 11.7 Å². The number of carbonyl (C=O) groups is 1. The molecule has 3 aromatic rings. The highest BCUT2D eigenvalue weighted by atomic mass is 16.5. The van der Waals surface area contributed by atoms with Crippen molar-refractivity contribution in [1.29, 1.82) is 0 Å². The summed E-state index contributed by atoms with van der Waals surface area (Å²) in [4.78, 5) is 22.7. The molecular weight excluding hydrogens is 308 g/mol. The topological polar surface area (TPSA) is 85.3 Å². The van der Waals surface area contributed by atoms with Gasteiger partial charge in [-0.1, -0.05) is 11.2 Å². The number of hydrogen-bond donors (Lipinski definition) is 0. The smallest absolute Gasteiger partial charge is 0.289 e. The number of amides is 1. The third-order valence-corrected chi connectivity index (χ3v) is 4.20. The maximum absolute atomic E-state index is 12.3. The summed E-state index contributed by atoms with van der Waals surface area (Å²) in [6, 6.07) is 8.98. The highest BCUT2D eigenvalue weighted by Crippen LogP contribution is 2.28. The third-order valence-electron chi connectivity index (χ3n) is 4.20. The predicted octanol–water partition coefficient (Wildman–Crippen LogP) is 2.74. The maximum Gasteiger partial charge on any atom is 0.289 e. The van der Waals surface area contributed by atoms with E-state index >= 15 is 0 Å². The lowest BCUT2D eigenvalue weighted by Crippen LogP contribution is -2.37. The van der Waals surface area contributed by atoms with E-state index in [2.05, 4.69) is 15.1 Å². The Balaban J connectivity index is 1.41. The second-order valence-corrected chi connectivity index (χ2v) is 5.71. The largest absolute Gasteiger partial charge is 0.459 e. The fourth-order valence-corrected chi connectivity index (χ4v) is 2.89. The molecule has 0 radical (unpaired) electrons. The van der Waals surface area contributed by atoms with E-state index < -0.39 is 0 Å². The van der Waals surface area contributed by atoms with Crippen LogP contribution in [0, 0.1) is 0 Å². The average molecular weight is 324 g/mol. The molecule has 3 aromatic heterocycles. The summed E-state index contributed by atoms with van der Waals surface area (Å²) in [5, 5.41) is 4.01. The van der Waals surface area contributed by atoms with Crippen LogP contribution in [0.15, 0.2) is 51.7 Å². The summed E-state index contributed by atoms with van der Waals surface area (Å²) in [7, 11) is 0. The van der Waals surface area contributed by atoms with Gasteiger partial charge in [0.05, 0.1) is 6.26 Å². The van der Waals surface area contributed by atoms with E-state index in [1.165, 1.54) is 6.26 Å². The molecule has 0 unspecified atom stereocenters. The highest BCUT2D eigenvalue weighted by Gasteiger charge is 2.29. The Morgan fingerprint density at radius 3 is 2.75 bits per heavy atom. The number of piperidine rings is 1. The molecule has 1 aliphatic rings. The zero-order chi connectivity index (χ0) is 16.4. The molecule has 0 spiro atoms. The Bertz CT molecular complexity index is 806. The van der Waals surface area contributed by atoms with Gasteiger partial charge in [0.25, 0.3) is 5.91 Å². The van der Waals surface area contributed by atoms with Gasteiger partial charge in [0, 0.05) is 25.2 Å². The molecule has 1 amide bonds. The van der Waals surface area contributed by atoms with Crippen molar-refractivity contribution in [3.05, 3.63) is 54.4 Å². The monoisotopic (exact) mass is 324 g/mol. The molecule has 1 fully saturated rings. The van der Waals surface area contributed by atoms with Crippen LogP contribution in [-0.4, -0.2) is 39.0 Å². The van der Waals surface area contributed by atoms with Gasteiger partial charge in [-0.15, -0.1) is 0 Å². The lowest BCUT2D eigenvalue weighted by Gasteiger charge is -2.29. The van der Waals surface area contributed by atoms with Crippen molar-refractivity contribution in [3.8, 4) is 11.5 Å². The second kappa shape index (κ2) is 6.27. The lowest BCUT2D eigenvalue weighted by atomic mass is 9.96. The highest BCUT2D eigenvalue weighted by molar-refractivity contribution is 5.91. The number of nitrogens with zero attached hydrogens (tertiary/aromatic N) is 4. The van der Waals surface area contributed by atoms with Crippen LogP contribution in [0.2, 0.25) is 0 Å². The van der Waals surface area contributed by atoms with Crippen LogP contribution < -0.4 is 0 Å². The van der Waals surface area contributed by atoms with Crippen molar-refractivity contribution in [2.24, 2.45) is 0 Å². The minimum absolute atomic E-state index is 0.0712. The summed E-state index contributed by atoms with van der Waals surface area (Å²) in [6.45, 7) is 1.29. The number of rotatable bonds is 3. The van der Waals surface area contributed by atoms with Crippen LogP contribution in [0.4, 0.5) is 0 Å². The van der Waals surface area contributed by atoms with Gasteiger partial charge in [-0.2, -0.15) is 4.98 Å². The normalized spacial score (nSPS) is 15.6. The SMILES string of the molecule is O=C(c1ccco1)N1CCC(c2nc(-c3ccccn3)no2)CC1. The van der Waals surface area contributed by atoms with E-state index in [0.717, 1.165) is 12.8 Å². The van der Waals surface area contributed by atoms with Crippen molar-refractivity contribution in [2.75, 3.05) is 13.1 Å². The molecule has 1 saturated heterocycles. The Morgan fingerprint density at radius 1 is 1.17 bits per heavy atom. The number of carbonyl (C=O) groups excluding carboxylic acids is 1. The second-order valence-electron chi connectivity index (χ2n) is 5.71. The van der Waals surface area contributed by atoms with Crippen LogP contribution in [0.3, 0.4) is 0 Å². The summed E-state index contributed by atoms with van der Waals surface area (Å²) >= 11 is 0. The molecule has 24 heavy (non-hydrogen) atoms. The fourth-order valence-electron chi connectivity index (χ4n) is 2.89. The van der Waals surface area contributed by atoms with Gasteiger partial charge in [-0.05, 0) is 37.1 Å². The third kappa shape index (κ3) is 2.80. The molecule has 1 aliphatic heterocycles. The first-order valence-corrected chi connectivity index (χ1v) is 7.89. The summed E-state index contributed by atoms with van der Waals surface area (Å²) < 4.78 is 10.6. The number of pyridine rings is 1. The van der Waals surface area contributed by atoms with Gasteiger partial charge in [-0.25, -0.2) is 0 Å². The quantitative estimate of drug-likeness (QED) is 0.736. The van der Waals surface area contributed by atoms with E-state index in [1.54, 1.807) is 23.2 Å². The van der Waals surface area contributed by atoms with E-state index in [1.807, 2.05) is 18.2 Å². The van der Waals surface area contributed by atoms with E-state index in [0.29, 0.717) is 36.3 Å². The molecule has 122 valence electrons. The zero-order valence-corrected chi connectivity index (χ0v) is 13.0. The van der Waals surface area contributed by atoms with Crippen molar-refractivity contribution < 1.29 is 13.7 Å². The van der Waals surface area contributed by atoms with Crippen LogP contribution in [0.1, 0.15) is 35.2 Å². The maximum atomic E-state index is 12.3. The Labute approximate surface area is 138 Å². The average Bonchev–Trinajstić information content (AvgIpc) is 3.34. The Hall–Kier alpha value is -2.96. The first-order valence-electron chi connectivity index (χ1n) is 7.89. The first kappa shape index (κ1) is 14.6. The Kier molecular flexibility index (Phi) is 3.82. The minimum atomic E-state index is -0.0712. The molecule has 0 aromatic carbocycles. The summed E-state index contributed by atoms with van der Waals surface area (Å²) in [5.74, 6) is 1.58. The van der Waals surface area contributed by atoms with Crippen LogP contribution in [0.25, 0.3) is 11.5 Å². The van der Waals surface area contributed by atoms with Crippen molar-refractivity contribution in [2.45, 2.75) is 18.8 Å². The summed E-state index contributed by atoms with van der Waals surface area (Å²) in [5.41, 5.74) is 0.693. The van der Waals surface area contributed by atoms with Crippen LogP contribution >= 0.6 is 0 Å². The molecule has 0 saturated carbocycles. The van der Waals surface area contributed by atoms with Crippen molar-refractivity contribution >= 4 is 5.91 Å². The molecule has 0 atom stereocenters. The molecule has 7 heteroatoms. The molecule has 4 heterocycles. The number of furan rings is 1. The van der Waals surface area contributed by atoms with Gasteiger partial charge >= 0.3 is 0 Å². The fraction of sp³-hybridized carbons (Fsp3) is 0.294. The molecule has 0 N–H and O–H groups in total. The molecular formula is C17H16N4O3. The Morgan fingerprint density at radius 2 is 2.04 bits per heavy atom. The predicted molar refractivity (Wildman–Crippen MR) is 84.1 cm³/mol. The molecule has 4 rings (SSSR count). The molecule has 7 nitrogen and oxygen atoms in total. The van der Waals surface area contributed by atoms with E-state index in [4.69, 9.17) is 8.94 Å². The lowest BCUT2D eigenvalue weighted by molar-refractivity contribution is 0.0672. The van der Waals surface area contributed by atoms with Gasteiger partial charge in [0.1, 0.15) is 5.69 Å².